The van der Waals surface area contributed by atoms with Gasteiger partial charge in [-0.05, 0) is 57.1 Å². The van der Waals surface area contributed by atoms with Crippen LogP contribution in [0.4, 0.5) is 0 Å². The number of aliphatic hydroxyl groups excluding tert-OH is 1. The van der Waals surface area contributed by atoms with Gasteiger partial charge in [0.2, 0.25) is 0 Å². The van der Waals surface area contributed by atoms with Crippen LogP contribution in [0.25, 0.3) is 0 Å². The van der Waals surface area contributed by atoms with Gasteiger partial charge in [0.25, 0.3) is 0 Å². The predicted octanol–water partition coefficient (Wildman–Crippen LogP) is 2.60. The highest BCUT2D eigenvalue weighted by atomic mass is 32.1. The first-order valence-corrected chi connectivity index (χ1v) is 10.6. The Labute approximate surface area is 155 Å². The average molecular weight is 365 g/mol. The fraction of sp³-hybridized carbons (Fsp3) is 0.737. The summed E-state index contributed by atoms with van der Waals surface area (Å²) in [5, 5.41) is 19.0. The maximum atomic E-state index is 10.0. The number of aliphatic hydroxyl groups is 1. The van der Waals surface area contributed by atoms with E-state index in [0.717, 1.165) is 44.9 Å². The fourth-order valence-corrected chi connectivity index (χ4v) is 4.77. The smallest absolute Gasteiger partial charge is 0.191 e. The number of nitrogens with one attached hydrogen (secondary N) is 2. The molecule has 1 saturated carbocycles. The summed E-state index contributed by atoms with van der Waals surface area (Å²) < 4.78 is 0. The Bertz CT molecular complexity index is 528. The van der Waals surface area contributed by atoms with Crippen LogP contribution in [0.1, 0.15) is 49.9 Å². The Kier molecular flexibility index (Phi) is 7.13. The van der Waals surface area contributed by atoms with Gasteiger partial charge in [0.1, 0.15) is 0 Å². The number of guanidine groups is 1. The van der Waals surface area contributed by atoms with Gasteiger partial charge in [-0.3, -0.25) is 9.89 Å². The lowest BCUT2D eigenvalue weighted by molar-refractivity contribution is 0.134. The van der Waals surface area contributed by atoms with Gasteiger partial charge in [-0.25, -0.2) is 0 Å². The maximum Gasteiger partial charge on any atom is 0.191 e. The molecule has 3 atom stereocenters. The molecule has 2 fully saturated rings. The van der Waals surface area contributed by atoms with E-state index in [1.54, 1.807) is 0 Å². The zero-order chi connectivity index (χ0) is 17.5. The summed E-state index contributed by atoms with van der Waals surface area (Å²) in [5.41, 5.74) is 0. The number of nitrogens with zero attached hydrogens (tertiary/aromatic N) is 2. The lowest BCUT2D eigenvalue weighted by Gasteiger charge is -2.26. The van der Waals surface area contributed by atoms with Crippen molar-refractivity contribution >= 4 is 17.3 Å². The highest BCUT2D eigenvalue weighted by Gasteiger charge is 2.26. The number of rotatable bonds is 7. The lowest BCUT2D eigenvalue weighted by Crippen LogP contribution is -2.41. The molecule has 2 aliphatic rings. The van der Waals surface area contributed by atoms with Crippen LogP contribution < -0.4 is 10.6 Å². The summed E-state index contributed by atoms with van der Waals surface area (Å²) in [4.78, 5) is 8.86. The molecule has 25 heavy (non-hydrogen) atoms. The molecule has 6 heteroatoms. The maximum absolute atomic E-state index is 10.0. The van der Waals surface area contributed by atoms with Crippen molar-refractivity contribution < 1.29 is 5.11 Å². The number of aliphatic imine (C=N–C) groups is 1. The standard InChI is InChI=1S/C19H32N4OS/c1-2-20-19(21-13-15-7-5-8-17(15)24)22-14-16(18-9-6-12-25-18)23-10-3-4-11-23/h6,9,12,15-17,24H,2-5,7-8,10-11,13-14H2,1H3,(H2,20,21,22). The predicted molar refractivity (Wildman–Crippen MR) is 105 cm³/mol. The SMILES string of the molecule is CCNC(=NCC(c1cccs1)N1CCCC1)NCC1CCCC1O. The lowest BCUT2D eigenvalue weighted by atomic mass is 10.1. The molecule has 1 aromatic heterocycles. The van der Waals surface area contributed by atoms with Gasteiger partial charge in [-0.1, -0.05) is 12.5 Å². The summed E-state index contributed by atoms with van der Waals surface area (Å²) in [5.74, 6) is 1.23. The Hall–Kier alpha value is -1.11. The molecule has 0 bridgehead atoms. The molecular weight excluding hydrogens is 332 g/mol. The number of thiophene rings is 1. The molecule has 5 nitrogen and oxygen atoms in total. The molecule has 3 unspecified atom stereocenters. The molecule has 0 amide bonds. The molecule has 3 N–H and O–H groups in total. The molecular formula is C19H32N4OS. The van der Waals surface area contributed by atoms with Crippen LogP contribution in [0, 0.1) is 5.92 Å². The van der Waals surface area contributed by atoms with Crippen LogP contribution in [0.3, 0.4) is 0 Å². The normalized spacial score (nSPS) is 26.1. The number of hydrogen-bond donors (Lipinski definition) is 3. The minimum Gasteiger partial charge on any atom is -0.393 e. The van der Waals surface area contributed by atoms with Gasteiger partial charge in [0, 0.05) is 23.9 Å². The molecule has 0 radical (unpaired) electrons. The second-order valence-corrected chi connectivity index (χ2v) is 8.11. The quantitative estimate of drug-likeness (QED) is 0.514. The summed E-state index contributed by atoms with van der Waals surface area (Å²) in [6, 6.07) is 4.76. The van der Waals surface area contributed by atoms with E-state index in [4.69, 9.17) is 4.99 Å². The third kappa shape index (κ3) is 5.19. The van der Waals surface area contributed by atoms with Crippen LogP contribution in [-0.2, 0) is 0 Å². The van der Waals surface area contributed by atoms with Gasteiger partial charge in [-0.2, -0.15) is 0 Å². The summed E-state index contributed by atoms with van der Waals surface area (Å²) in [6.07, 6.45) is 5.62. The summed E-state index contributed by atoms with van der Waals surface area (Å²) in [7, 11) is 0. The van der Waals surface area contributed by atoms with E-state index in [1.807, 2.05) is 11.3 Å². The molecule has 1 aromatic rings. The van der Waals surface area contributed by atoms with E-state index in [1.165, 1.54) is 30.8 Å². The summed E-state index contributed by atoms with van der Waals surface area (Å²) in [6.45, 7) is 6.89. The third-order valence-corrected chi connectivity index (χ3v) is 6.34. The Morgan fingerprint density at radius 3 is 2.80 bits per heavy atom. The fourth-order valence-electron chi connectivity index (χ4n) is 3.92. The first kappa shape index (κ1) is 18.7. The first-order valence-electron chi connectivity index (χ1n) is 9.75. The second kappa shape index (κ2) is 9.55. The average Bonchev–Trinajstić information content (AvgIpc) is 3.36. The minimum atomic E-state index is -0.154. The largest absolute Gasteiger partial charge is 0.393 e. The van der Waals surface area contributed by atoms with Crippen LogP contribution in [0.15, 0.2) is 22.5 Å². The highest BCUT2D eigenvalue weighted by molar-refractivity contribution is 7.10. The van der Waals surface area contributed by atoms with E-state index in [-0.39, 0.29) is 6.10 Å². The van der Waals surface area contributed by atoms with Crippen LogP contribution in [0.5, 0.6) is 0 Å². The van der Waals surface area contributed by atoms with Gasteiger partial charge < -0.3 is 15.7 Å². The molecule has 2 heterocycles. The zero-order valence-corrected chi connectivity index (χ0v) is 16.1. The van der Waals surface area contributed by atoms with Crippen molar-refractivity contribution in [1.82, 2.24) is 15.5 Å². The molecule has 1 saturated heterocycles. The molecule has 0 aromatic carbocycles. The second-order valence-electron chi connectivity index (χ2n) is 7.13. The van der Waals surface area contributed by atoms with Crippen molar-refractivity contribution in [2.24, 2.45) is 10.9 Å². The highest BCUT2D eigenvalue weighted by Crippen LogP contribution is 2.28. The van der Waals surface area contributed by atoms with Crippen LogP contribution >= 0.6 is 11.3 Å². The van der Waals surface area contributed by atoms with Crippen molar-refractivity contribution in [1.29, 1.82) is 0 Å². The van der Waals surface area contributed by atoms with Crippen LogP contribution in [0.2, 0.25) is 0 Å². The number of likely N-dealkylation sites (tertiary alicyclic amines) is 1. The molecule has 140 valence electrons. The third-order valence-electron chi connectivity index (χ3n) is 5.37. The van der Waals surface area contributed by atoms with Gasteiger partial charge in [0.05, 0.1) is 18.7 Å². The summed E-state index contributed by atoms with van der Waals surface area (Å²) >= 11 is 1.83. The monoisotopic (exact) mass is 364 g/mol. The topological polar surface area (TPSA) is 59.9 Å². The van der Waals surface area contributed by atoms with Gasteiger partial charge >= 0.3 is 0 Å². The van der Waals surface area contributed by atoms with Crippen molar-refractivity contribution in [3.05, 3.63) is 22.4 Å². The van der Waals surface area contributed by atoms with Crippen molar-refractivity contribution in [2.75, 3.05) is 32.7 Å². The minimum absolute atomic E-state index is 0.154. The molecule has 1 aliphatic heterocycles. The molecule has 0 spiro atoms. The van der Waals surface area contributed by atoms with E-state index in [0.29, 0.717) is 12.0 Å². The Balaban J connectivity index is 1.61. The van der Waals surface area contributed by atoms with Crippen molar-refractivity contribution in [2.45, 2.75) is 51.2 Å². The van der Waals surface area contributed by atoms with E-state index in [2.05, 4.69) is 40.0 Å². The first-order chi connectivity index (χ1) is 12.3. The number of hydrogen-bond acceptors (Lipinski definition) is 4. The van der Waals surface area contributed by atoms with Crippen molar-refractivity contribution in [3.63, 3.8) is 0 Å². The van der Waals surface area contributed by atoms with Gasteiger partial charge in [-0.15, -0.1) is 11.3 Å². The molecule has 3 rings (SSSR count). The van der Waals surface area contributed by atoms with Crippen LogP contribution in [-0.4, -0.2) is 54.8 Å². The van der Waals surface area contributed by atoms with E-state index >= 15 is 0 Å². The Morgan fingerprint density at radius 2 is 2.16 bits per heavy atom. The Morgan fingerprint density at radius 1 is 1.32 bits per heavy atom. The zero-order valence-electron chi connectivity index (χ0n) is 15.3. The van der Waals surface area contributed by atoms with Crippen molar-refractivity contribution in [3.8, 4) is 0 Å². The molecule has 1 aliphatic carbocycles. The van der Waals surface area contributed by atoms with E-state index in [9.17, 15) is 5.11 Å². The van der Waals surface area contributed by atoms with Gasteiger partial charge in [0.15, 0.2) is 5.96 Å². The van der Waals surface area contributed by atoms with E-state index < -0.39 is 0 Å².